The Balaban J connectivity index is 1.40. The first-order valence-electron chi connectivity index (χ1n) is 11.7. The van der Waals surface area contributed by atoms with E-state index in [0.29, 0.717) is 40.3 Å². The highest BCUT2D eigenvalue weighted by molar-refractivity contribution is 6.08. The standard InChI is InChI=1S/C31H29NO4/c1-21-8-9-22(20-33)29(18-21)30(34)32-24-12-16-26(17-13-24)36-28-7-5-6-27(19-28)35-25-14-10-23(11-15-25)31(2,3)4/h5-20H,1-4H3,(H,32,34). The molecule has 0 radical (unpaired) electrons. The summed E-state index contributed by atoms with van der Waals surface area (Å²) in [5, 5.41) is 2.83. The molecule has 4 aromatic rings. The Hall–Kier alpha value is -4.38. The summed E-state index contributed by atoms with van der Waals surface area (Å²) >= 11 is 0. The van der Waals surface area contributed by atoms with Crippen molar-refractivity contribution < 1.29 is 19.1 Å². The molecule has 0 aliphatic heterocycles. The van der Waals surface area contributed by atoms with Gasteiger partial charge in [-0.15, -0.1) is 0 Å². The number of carbonyl (C=O) groups is 2. The molecule has 0 unspecified atom stereocenters. The van der Waals surface area contributed by atoms with Crippen molar-refractivity contribution in [2.75, 3.05) is 5.32 Å². The lowest BCUT2D eigenvalue weighted by molar-refractivity contribution is 0.101. The molecule has 182 valence electrons. The van der Waals surface area contributed by atoms with Gasteiger partial charge in [-0.1, -0.05) is 56.7 Å². The van der Waals surface area contributed by atoms with Crippen LogP contribution in [0.1, 0.15) is 52.6 Å². The first kappa shape index (κ1) is 24.7. The highest BCUT2D eigenvalue weighted by atomic mass is 16.5. The lowest BCUT2D eigenvalue weighted by Crippen LogP contribution is -2.14. The van der Waals surface area contributed by atoms with E-state index in [2.05, 4.69) is 38.2 Å². The lowest BCUT2D eigenvalue weighted by atomic mass is 9.87. The van der Waals surface area contributed by atoms with Crippen LogP contribution in [0.4, 0.5) is 5.69 Å². The highest BCUT2D eigenvalue weighted by Gasteiger charge is 2.14. The van der Waals surface area contributed by atoms with Crippen molar-refractivity contribution in [3.05, 3.63) is 113 Å². The van der Waals surface area contributed by atoms with E-state index in [1.54, 1.807) is 42.5 Å². The Morgan fingerprint density at radius 2 is 1.33 bits per heavy atom. The predicted octanol–water partition coefficient (Wildman–Crippen LogP) is 7.94. The third-order valence-corrected chi connectivity index (χ3v) is 5.69. The molecule has 4 aromatic carbocycles. The molecular weight excluding hydrogens is 450 g/mol. The average Bonchev–Trinajstić information content (AvgIpc) is 2.85. The molecule has 4 rings (SSSR count). The van der Waals surface area contributed by atoms with Gasteiger partial charge in [0.2, 0.25) is 0 Å². The van der Waals surface area contributed by atoms with E-state index >= 15 is 0 Å². The molecule has 0 aromatic heterocycles. The highest BCUT2D eigenvalue weighted by Crippen LogP contribution is 2.30. The third kappa shape index (κ3) is 6.19. The molecule has 1 N–H and O–H groups in total. The maximum atomic E-state index is 12.7. The molecule has 0 heterocycles. The van der Waals surface area contributed by atoms with Crippen LogP contribution in [0.3, 0.4) is 0 Å². The molecule has 1 amide bonds. The molecule has 0 atom stereocenters. The van der Waals surface area contributed by atoms with Gasteiger partial charge in [0.05, 0.1) is 5.56 Å². The normalized spacial score (nSPS) is 11.0. The fraction of sp³-hybridized carbons (Fsp3) is 0.161. The van der Waals surface area contributed by atoms with Crippen molar-refractivity contribution in [3.8, 4) is 23.0 Å². The number of amides is 1. The minimum absolute atomic E-state index is 0.0870. The summed E-state index contributed by atoms with van der Waals surface area (Å²) in [6, 6.07) is 27.7. The molecule has 0 fully saturated rings. The van der Waals surface area contributed by atoms with E-state index in [9.17, 15) is 9.59 Å². The number of hydrogen-bond acceptors (Lipinski definition) is 4. The molecule has 0 aliphatic rings. The van der Waals surface area contributed by atoms with Crippen molar-refractivity contribution in [1.82, 2.24) is 0 Å². The Bertz CT molecular complexity index is 1370. The van der Waals surface area contributed by atoms with Gasteiger partial charge in [-0.2, -0.15) is 0 Å². The van der Waals surface area contributed by atoms with Gasteiger partial charge in [-0.05, 0) is 72.5 Å². The molecule has 5 nitrogen and oxygen atoms in total. The minimum atomic E-state index is -0.338. The number of aldehydes is 1. The number of aryl methyl sites for hydroxylation is 1. The molecule has 0 saturated heterocycles. The average molecular weight is 480 g/mol. The Labute approximate surface area is 211 Å². The summed E-state index contributed by atoms with van der Waals surface area (Å²) in [6.07, 6.45) is 0.685. The monoisotopic (exact) mass is 479 g/mol. The van der Waals surface area contributed by atoms with Crippen LogP contribution >= 0.6 is 0 Å². The lowest BCUT2D eigenvalue weighted by Gasteiger charge is -2.19. The van der Waals surface area contributed by atoms with Gasteiger partial charge in [0.15, 0.2) is 6.29 Å². The van der Waals surface area contributed by atoms with Gasteiger partial charge in [0, 0.05) is 17.3 Å². The zero-order chi connectivity index (χ0) is 25.7. The van der Waals surface area contributed by atoms with Crippen molar-refractivity contribution in [2.24, 2.45) is 0 Å². The number of ether oxygens (including phenoxy) is 2. The number of hydrogen-bond donors (Lipinski definition) is 1. The Morgan fingerprint density at radius 3 is 1.89 bits per heavy atom. The maximum absolute atomic E-state index is 12.7. The Morgan fingerprint density at radius 1 is 0.750 bits per heavy atom. The zero-order valence-corrected chi connectivity index (χ0v) is 20.9. The van der Waals surface area contributed by atoms with Crippen LogP contribution in [0, 0.1) is 6.92 Å². The van der Waals surface area contributed by atoms with Crippen LogP contribution in [0.15, 0.2) is 91.0 Å². The second kappa shape index (κ2) is 10.5. The third-order valence-electron chi connectivity index (χ3n) is 5.69. The number of nitrogens with one attached hydrogen (secondary N) is 1. The largest absolute Gasteiger partial charge is 0.457 e. The quantitative estimate of drug-likeness (QED) is 0.273. The maximum Gasteiger partial charge on any atom is 0.256 e. The van der Waals surface area contributed by atoms with Crippen LogP contribution in [-0.4, -0.2) is 12.2 Å². The number of benzene rings is 4. The van der Waals surface area contributed by atoms with Crippen molar-refractivity contribution in [1.29, 1.82) is 0 Å². The van der Waals surface area contributed by atoms with Gasteiger partial charge in [-0.25, -0.2) is 0 Å². The van der Waals surface area contributed by atoms with Crippen LogP contribution < -0.4 is 14.8 Å². The summed E-state index contributed by atoms with van der Waals surface area (Å²) in [5.41, 5.74) is 3.53. The Kier molecular flexibility index (Phi) is 7.20. The smallest absolute Gasteiger partial charge is 0.256 e. The topological polar surface area (TPSA) is 64.6 Å². The second-order valence-electron chi connectivity index (χ2n) is 9.64. The second-order valence-corrected chi connectivity index (χ2v) is 9.64. The number of carbonyl (C=O) groups excluding carboxylic acids is 2. The SMILES string of the molecule is Cc1ccc(C=O)c(C(=O)Nc2ccc(Oc3cccc(Oc4ccc(C(C)(C)C)cc4)c3)cc2)c1. The van der Waals surface area contributed by atoms with Crippen molar-refractivity contribution in [3.63, 3.8) is 0 Å². The fourth-order valence-corrected chi connectivity index (χ4v) is 3.67. The molecule has 5 heteroatoms. The van der Waals surface area contributed by atoms with Crippen molar-refractivity contribution in [2.45, 2.75) is 33.1 Å². The van der Waals surface area contributed by atoms with E-state index in [-0.39, 0.29) is 11.3 Å². The first-order valence-corrected chi connectivity index (χ1v) is 11.7. The van der Waals surface area contributed by atoms with Gasteiger partial charge in [-0.3, -0.25) is 9.59 Å². The van der Waals surface area contributed by atoms with E-state index in [1.807, 2.05) is 43.3 Å². The summed E-state index contributed by atoms with van der Waals surface area (Å²) in [7, 11) is 0. The van der Waals surface area contributed by atoms with E-state index < -0.39 is 0 Å². The van der Waals surface area contributed by atoms with Gasteiger partial charge >= 0.3 is 0 Å². The minimum Gasteiger partial charge on any atom is -0.457 e. The van der Waals surface area contributed by atoms with E-state index in [0.717, 1.165) is 11.3 Å². The van der Waals surface area contributed by atoms with Gasteiger partial charge in [0.25, 0.3) is 5.91 Å². The number of rotatable bonds is 7. The summed E-state index contributed by atoms with van der Waals surface area (Å²) in [4.78, 5) is 23.9. The molecule has 0 saturated carbocycles. The zero-order valence-electron chi connectivity index (χ0n) is 20.9. The summed E-state index contributed by atoms with van der Waals surface area (Å²) < 4.78 is 12.0. The molecular formula is C31H29NO4. The first-order chi connectivity index (χ1) is 17.2. The van der Waals surface area contributed by atoms with Crippen LogP contribution in [0.2, 0.25) is 0 Å². The number of anilines is 1. The predicted molar refractivity (Wildman–Crippen MR) is 143 cm³/mol. The summed E-state index contributed by atoms with van der Waals surface area (Å²) in [6.45, 7) is 8.41. The van der Waals surface area contributed by atoms with Gasteiger partial charge < -0.3 is 14.8 Å². The van der Waals surface area contributed by atoms with E-state index in [1.165, 1.54) is 5.56 Å². The van der Waals surface area contributed by atoms with Crippen LogP contribution in [0.25, 0.3) is 0 Å². The molecule has 0 spiro atoms. The van der Waals surface area contributed by atoms with E-state index in [4.69, 9.17) is 9.47 Å². The fourth-order valence-electron chi connectivity index (χ4n) is 3.67. The van der Waals surface area contributed by atoms with Crippen LogP contribution in [-0.2, 0) is 5.41 Å². The molecule has 36 heavy (non-hydrogen) atoms. The summed E-state index contributed by atoms with van der Waals surface area (Å²) in [5.74, 6) is 2.33. The van der Waals surface area contributed by atoms with Crippen LogP contribution in [0.5, 0.6) is 23.0 Å². The van der Waals surface area contributed by atoms with Crippen molar-refractivity contribution >= 4 is 17.9 Å². The molecule has 0 aliphatic carbocycles. The molecule has 0 bridgehead atoms. The van der Waals surface area contributed by atoms with Gasteiger partial charge in [0.1, 0.15) is 23.0 Å².